The molecule has 44 heavy (non-hydrogen) atoms. The van der Waals surface area contributed by atoms with Crippen LogP contribution >= 0.6 is 0 Å². The molecule has 0 aliphatic carbocycles. The van der Waals surface area contributed by atoms with E-state index >= 15 is 0 Å². The SMILES string of the molecule is CN(C)Cc1ccc(Cc2ncc3cc(/C=C(\F)CCC(=O)c4cncn(Cc5ccc(F)c(F)c5)c4=O)ccc3n2)cc1. The molecule has 2 aromatic heterocycles. The Bertz CT molecular complexity index is 1900. The van der Waals surface area contributed by atoms with Crippen molar-refractivity contribution in [1.29, 1.82) is 0 Å². The second-order valence-corrected chi connectivity index (χ2v) is 10.8. The average molecular weight is 598 g/mol. The fourth-order valence-corrected chi connectivity index (χ4v) is 4.79. The lowest BCUT2D eigenvalue weighted by Crippen LogP contribution is -2.27. The summed E-state index contributed by atoms with van der Waals surface area (Å²) in [4.78, 5) is 40.7. The number of nitrogens with zero attached hydrogens (tertiary/aromatic N) is 5. The second kappa shape index (κ2) is 13.6. The molecule has 0 bridgehead atoms. The van der Waals surface area contributed by atoms with Crippen LogP contribution < -0.4 is 5.56 Å². The lowest BCUT2D eigenvalue weighted by Gasteiger charge is -2.10. The fourth-order valence-electron chi connectivity index (χ4n) is 4.79. The van der Waals surface area contributed by atoms with E-state index in [0.717, 1.165) is 45.9 Å². The Labute approximate surface area is 252 Å². The maximum atomic E-state index is 14.8. The third-order valence-corrected chi connectivity index (χ3v) is 6.99. The molecule has 0 aliphatic rings. The van der Waals surface area contributed by atoms with Gasteiger partial charge in [-0.15, -0.1) is 0 Å². The van der Waals surface area contributed by atoms with Crippen molar-refractivity contribution in [3.63, 3.8) is 0 Å². The van der Waals surface area contributed by atoms with Gasteiger partial charge in [-0.1, -0.05) is 36.4 Å². The van der Waals surface area contributed by atoms with Crippen LogP contribution in [-0.2, 0) is 19.5 Å². The fraction of sp³-hybridized carbons (Fsp3) is 0.206. The number of hydrogen-bond donors (Lipinski definition) is 0. The van der Waals surface area contributed by atoms with Crippen LogP contribution in [0.1, 0.15) is 51.3 Å². The first-order valence-electron chi connectivity index (χ1n) is 14.0. The molecule has 0 fully saturated rings. The molecule has 0 saturated heterocycles. The second-order valence-electron chi connectivity index (χ2n) is 10.8. The Morgan fingerprint density at radius 1 is 0.909 bits per heavy atom. The predicted molar refractivity (Wildman–Crippen MR) is 163 cm³/mol. The number of carbonyl (C=O) groups excluding carboxylic acids is 1. The molecule has 0 radical (unpaired) electrons. The molecule has 224 valence electrons. The van der Waals surface area contributed by atoms with Crippen LogP contribution in [0.15, 0.2) is 90.0 Å². The lowest BCUT2D eigenvalue weighted by atomic mass is 10.1. The zero-order valence-corrected chi connectivity index (χ0v) is 24.3. The summed E-state index contributed by atoms with van der Waals surface area (Å²) in [6, 6.07) is 16.9. The average Bonchev–Trinajstić information content (AvgIpc) is 2.99. The number of hydrogen-bond acceptors (Lipinski definition) is 6. The minimum absolute atomic E-state index is 0.101. The number of benzene rings is 3. The van der Waals surface area contributed by atoms with Crippen molar-refractivity contribution in [2.75, 3.05) is 14.1 Å². The monoisotopic (exact) mass is 597 g/mol. The molecule has 0 N–H and O–H groups in total. The number of Topliss-reactive ketones (excluding diaryl/α,β-unsaturated/α-hetero) is 1. The highest BCUT2D eigenvalue weighted by Gasteiger charge is 2.15. The van der Waals surface area contributed by atoms with Gasteiger partial charge in [0.1, 0.15) is 17.2 Å². The van der Waals surface area contributed by atoms with Crippen molar-refractivity contribution >= 4 is 22.8 Å². The zero-order chi connectivity index (χ0) is 31.2. The molecule has 0 aliphatic heterocycles. The highest BCUT2D eigenvalue weighted by molar-refractivity contribution is 5.95. The molecule has 2 heterocycles. The molecule has 5 rings (SSSR count). The predicted octanol–water partition coefficient (Wildman–Crippen LogP) is 6.14. The largest absolute Gasteiger partial charge is 0.305 e. The Morgan fingerprint density at radius 3 is 2.41 bits per heavy atom. The van der Waals surface area contributed by atoms with Gasteiger partial charge in [0, 0.05) is 43.6 Å². The molecule has 7 nitrogen and oxygen atoms in total. The van der Waals surface area contributed by atoms with Crippen LogP contribution in [-0.4, -0.2) is 44.3 Å². The van der Waals surface area contributed by atoms with E-state index in [0.29, 0.717) is 23.4 Å². The molecular formula is C34H30F3N5O2. The quantitative estimate of drug-likeness (QED) is 0.170. The Morgan fingerprint density at radius 2 is 1.66 bits per heavy atom. The van der Waals surface area contributed by atoms with Gasteiger partial charge in [0.15, 0.2) is 17.4 Å². The van der Waals surface area contributed by atoms with Gasteiger partial charge < -0.3 is 4.90 Å². The number of aromatic nitrogens is 4. The number of allylic oxidation sites excluding steroid dienone is 1. The van der Waals surface area contributed by atoms with Gasteiger partial charge in [0.05, 0.1) is 18.4 Å². The highest BCUT2D eigenvalue weighted by Crippen LogP contribution is 2.20. The molecule has 5 aromatic rings. The highest BCUT2D eigenvalue weighted by atomic mass is 19.2. The van der Waals surface area contributed by atoms with Crippen LogP contribution in [0.4, 0.5) is 13.2 Å². The van der Waals surface area contributed by atoms with E-state index in [1.54, 1.807) is 24.4 Å². The smallest absolute Gasteiger partial charge is 0.264 e. The van der Waals surface area contributed by atoms with Crippen LogP contribution in [0, 0.1) is 11.6 Å². The maximum Gasteiger partial charge on any atom is 0.264 e. The normalized spacial score (nSPS) is 11.8. The summed E-state index contributed by atoms with van der Waals surface area (Å²) >= 11 is 0. The zero-order valence-electron chi connectivity index (χ0n) is 24.3. The molecule has 0 unspecified atom stereocenters. The van der Waals surface area contributed by atoms with E-state index < -0.39 is 28.8 Å². The summed E-state index contributed by atoms with van der Waals surface area (Å²) in [6.45, 7) is 0.770. The minimum Gasteiger partial charge on any atom is -0.305 e. The van der Waals surface area contributed by atoms with Gasteiger partial charge >= 0.3 is 0 Å². The van der Waals surface area contributed by atoms with Crippen molar-refractivity contribution in [3.8, 4) is 0 Å². The molecular weight excluding hydrogens is 567 g/mol. The van der Waals surface area contributed by atoms with E-state index in [9.17, 15) is 22.8 Å². The first-order valence-corrected chi connectivity index (χ1v) is 14.0. The topological polar surface area (TPSA) is 81.0 Å². The summed E-state index contributed by atoms with van der Waals surface area (Å²) < 4.78 is 42.7. The third-order valence-electron chi connectivity index (χ3n) is 6.99. The summed E-state index contributed by atoms with van der Waals surface area (Å²) in [5.74, 6) is -2.46. The van der Waals surface area contributed by atoms with Crippen molar-refractivity contribution in [3.05, 3.63) is 141 Å². The first kappa shape index (κ1) is 30.5. The maximum absolute atomic E-state index is 14.8. The Kier molecular flexibility index (Phi) is 9.40. The van der Waals surface area contributed by atoms with Crippen LogP contribution in [0.5, 0.6) is 0 Å². The summed E-state index contributed by atoms with van der Waals surface area (Å²) in [6.07, 6.45) is 5.52. The molecule has 3 aromatic carbocycles. The van der Waals surface area contributed by atoms with Crippen LogP contribution in [0.25, 0.3) is 17.0 Å². The molecule has 10 heteroatoms. The molecule has 0 atom stereocenters. The summed E-state index contributed by atoms with van der Waals surface area (Å²) in [5.41, 5.74) is 3.15. The molecule has 0 spiro atoms. The Hall–Kier alpha value is -4.96. The summed E-state index contributed by atoms with van der Waals surface area (Å²) in [7, 11) is 4.06. The van der Waals surface area contributed by atoms with Gasteiger partial charge in [-0.05, 0) is 66.7 Å². The number of rotatable bonds is 11. The van der Waals surface area contributed by atoms with Crippen molar-refractivity contribution < 1.29 is 18.0 Å². The first-order chi connectivity index (χ1) is 21.1. The third kappa shape index (κ3) is 7.70. The van der Waals surface area contributed by atoms with Gasteiger partial charge in [-0.3, -0.25) is 14.2 Å². The standard InChI is InChI=1S/C34H30F3N5O2/c1-41(2)19-23-5-3-22(4-6-23)16-33-39-17-26-13-24(8-11-31(26)40-33)14-27(35)9-12-32(43)28-18-38-21-42(34(28)44)20-25-7-10-29(36)30(37)15-25/h3-8,10-11,13-15,17-18,21H,9,12,16,19-20H2,1-2H3/b27-14-. The molecule has 0 amide bonds. The van der Waals surface area contributed by atoms with Crippen LogP contribution in [0.2, 0.25) is 0 Å². The number of fused-ring (bicyclic) bond motifs is 1. The van der Waals surface area contributed by atoms with Gasteiger partial charge in [-0.2, -0.15) is 0 Å². The van der Waals surface area contributed by atoms with E-state index in [1.807, 2.05) is 14.1 Å². The van der Waals surface area contributed by atoms with Gasteiger partial charge in [0.25, 0.3) is 5.56 Å². The summed E-state index contributed by atoms with van der Waals surface area (Å²) in [5, 5.41) is 0.754. The van der Waals surface area contributed by atoms with Gasteiger partial charge in [-0.25, -0.2) is 28.1 Å². The Balaban J connectivity index is 1.21. The number of carbonyl (C=O) groups is 1. The van der Waals surface area contributed by atoms with E-state index in [-0.39, 0.29) is 24.9 Å². The van der Waals surface area contributed by atoms with Crippen molar-refractivity contribution in [2.24, 2.45) is 0 Å². The minimum atomic E-state index is -1.04. The molecule has 0 saturated carbocycles. The number of halogens is 3. The lowest BCUT2D eigenvalue weighted by molar-refractivity contribution is 0.0978. The van der Waals surface area contributed by atoms with E-state index in [4.69, 9.17) is 0 Å². The van der Waals surface area contributed by atoms with Crippen molar-refractivity contribution in [2.45, 2.75) is 32.4 Å². The van der Waals surface area contributed by atoms with Crippen molar-refractivity contribution in [1.82, 2.24) is 24.4 Å². The van der Waals surface area contributed by atoms with Gasteiger partial charge in [0.2, 0.25) is 0 Å². The van der Waals surface area contributed by atoms with Crippen LogP contribution in [0.3, 0.4) is 0 Å². The number of ketones is 1. The van der Waals surface area contributed by atoms with E-state index in [1.165, 1.54) is 24.0 Å². The van der Waals surface area contributed by atoms with E-state index in [2.05, 4.69) is 44.1 Å².